The highest BCUT2D eigenvalue weighted by molar-refractivity contribution is 5.72. The van der Waals surface area contributed by atoms with Gasteiger partial charge in [-0.05, 0) is 12.8 Å². The summed E-state index contributed by atoms with van der Waals surface area (Å²) < 4.78 is 11.2. The van der Waals surface area contributed by atoms with Gasteiger partial charge in [-0.15, -0.1) is 0 Å². The average Bonchev–Trinajstić information content (AvgIpc) is 3.00. The number of ether oxygens (including phenoxy) is 2. The van der Waals surface area contributed by atoms with Crippen LogP contribution in [0.2, 0.25) is 0 Å². The monoisotopic (exact) mass is 590 g/mol. The predicted molar refractivity (Wildman–Crippen MR) is 165 cm³/mol. The lowest BCUT2D eigenvalue weighted by Gasteiger charge is -2.32. The van der Waals surface area contributed by atoms with E-state index in [4.69, 9.17) is 9.47 Å². The van der Waals surface area contributed by atoms with Gasteiger partial charge in [-0.3, -0.25) is 4.79 Å². The van der Waals surface area contributed by atoms with Gasteiger partial charge >= 0.3 is 5.97 Å². The van der Waals surface area contributed by atoms with Gasteiger partial charge in [-0.2, -0.15) is 0 Å². The van der Waals surface area contributed by atoms with E-state index >= 15 is 0 Å². The van der Waals surface area contributed by atoms with Crippen molar-refractivity contribution in [2.24, 2.45) is 16.7 Å². The number of hydrogen-bond acceptors (Lipinski definition) is 8. The Morgan fingerprint density at radius 2 is 0.854 bits per heavy atom. The zero-order valence-corrected chi connectivity index (χ0v) is 26.6. The van der Waals surface area contributed by atoms with E-state index in [1.54, 1.807) is 0 Å². The summed E-state index contributed by atoms with van der Waals surface area (Å²) in [6.07, 6.45) is 22.8. The van der Waals surface area contributed by atoms with Crippen molar-refractivity contribution in [3.8, 4) is 0 Å². The molecule has 0 heterocycles. The summed E-state index contributed by atoms with van der Waals surface area (Å²) >= 11 is 0. The standard InChI is InChI=1S/C33H66O8/c1-3-5-7-8-9-10-11-12-13-14-15-16-17-19-21-30(20-18-6-4-2)31(39)41-29-33(25-37,26-38)28-40-27-32(22-34,23-35)24-36/h30,34-38H,3-29H2,1-2H3. The Hall–Kier alpha value is -0.770. The second-order valence-corrected chi connectivity index (χ2v) is 12.5. The predicted octanol–water partition coefficient (Wildman–Crippen LogP) is 5.55. The lowest BCUT2D eigenvalue weighted by atomic mass is 9.90. The van der Waals surface area contributed by atoms with Gasteiger partial charge in [0, 0.05) is 0 Å². The van der Waals surface area contributed by atoms with E-state index in [2.05, 4.69) is 13.8 Å². The lowest BCUT2D eigenvalue weighted by molar-refractivity contribution is -0.159. The summed E-state index contributed by atoms with van der Waals surface area (Å²) in [7, 11) is 0. The maximum Gasteiger partial charge on any atom is 0.308 e. The second-order valence-electron chi connectivity index (χ2n) is 12.5. The van der Waals surface area contributed by atoms with Crippen LogP contribution in [0.15, 0.2) is 0 Å². The first-order valence-electron chi connectivity index (χ1n) is 16.7. The maximum atomic E-state index is 13.0. The topological polar surface area (TPSA) is 137 Å². The molecule has 0 aromatic heterocycles. The molecule has 0 radical (unpaired) electrons. The average molecular weight is 591 g/mol. The van der Waals surface area contributed by atoms with Crippen LogP contribution in [0.1, 0.15) is 136 Å². The van der Waals surface area contributed by atoms with E-state index in [1.165, 1.54) is 77.0 Å². The molecule has 1 unspecified atom stereocenters. The molecule has 0 rings (SSSR count). The van der Waals surface area contributed by atoms with Crippen molar-refractivity contribution in [3.63, 3.8) is 0 Å². The van der Waals surface area contributed by atoms with Crippen molar-refractivity contribution in [2.45, 2.75) is 136 Å². The first-order valence-corrected chi connectivity index (χ1v) is 16.7. The van der Waals surface area contributed by atoms with Crippen molar-refractivity contribution >= 4 is 5.97 Å². The van der Waals surface area contributed by atoms with Crippen LogP contribution in [0.25, 0.3) is 0 Å². The molecule has 5 N–H and O–H groups in total. The van der Waals surface area contributed by atoms with E-state index in [0.717, 1.165) is 44.9 Å². The summed E-state index contributed by atoms with van der Waals surface area (Å²) in [6.45, 7) is 1.56. The molecular formula is C33H66O8. The molecule has 0 aliphatic rings. The van der Waals surface area contributed by atoms with Crippen LogP contribution in [0.5, 0.6) is 0 Å². The summed E-state index contributed by atoms with van der Waals surface area (Å²) in [6, 6.07) is 0. The Balaban J connectivity index is 4.45. The molecule has 8 heteroatoms. The van der Waals surface area contributed by atoms with Gasteiger partial charge in [-0.1, -0.05) is 123 Å². The van der Waals surface area contributed by atoms with Crippen molar-refractivity contribution in [3.05, 3.63) is 0 Å². The van der Waals surface area contributed by atoms with E-state index in [9.17, 15) is 30.3 Å². The Labute approximate surface area is 251 Å². The lowest BCUT2D eigenvalue weighted by Crippen LogP contribution is -2.44. The molecule has 41 heavy (non-hydrogen) atoms. The fourth-order valence-corrected chi connectivity index (χ4v) is 4.99. The van der Waals surface area contributed by atoms with Crippen LogP contribution < -0.4 is 0 Å². The van der Waals surface area contributed by atoms with Gasteiger partial charge in [0.2, 0.25) is 0 Å². The summed E-state index contributed by atoms with van der Waals surface area (Å²) in [5.74, 6) is -0.488. The van der Waals surface area contributed by atoms with Crippen molar-refractivity contribution in [2.75, 3.05) is 52.9 Å². The molecule has 0 spiro atoms. The minimum absolute atomic E-state index is 0.144. The summed E-state index contributed by atoms with van der Waals surface area (Å²) in [5.41, 5.74) is -2.42. The molecule has 0 saturated heterocycles. The fraction of sp³-hybridized carbons (Fsp3) is 0.970. The minimum atomic E-state index is -1.22. The summed E-state index contributed by atoms with van der Waals surface area (Å²) in [4.78, 5) is 13.0. The van der Waals surface area contributed by atoms with E-state index in [1.807, 2.05) is 0 Å². The van der Waals surface area contributed by atoms with Crippen molar-refractivity contribution < 1.29 is 39.8 Å². The Morgan fingerprint density at radius 1 is 0.512 bits per heavy atom. The number of carbonyl (C=O) groups is 1. The largest absolute Gasteiger partial charge is 0.465 e. The fourth-order valence-electron chi connectivity index (χ4n) is 4.99. The number of rotatable bonds is 31. The van der Waals surface area contributed by atoms with Crippen LogP contribution in [0.4, 0.5) is 0 Å². The third-order valence-electron chi connectivity index (χ3n) is 8.41. The van der Waals surface area contributed by atoms with E-state index in [-0.39, 0.29) is 31.7 Å². The third kappa shape index (κ3) is 19.2. The Bertz CT molecular complexity index is 569. The Kier molecular flexibility index (Phi) is 26.3. The quantitative estimate of drug-likeness (QED) is 0.0524. The zero-order valence-electron chi connectivity index (χ0n) is 26.6. The molecule has 0 saturated carbocycles. The SMILES string of the molecule is CCCCCCCCCCCCCCCCC(CCCCC)C(=O)OCC(CO)(CO)COCC(CO)(CO)CO. The van der Waals surface area contributed by atoms with E-state index < -0.39 is 43.9 Å². The highest BCUT2D eigenvalue weighted by atomic mass is 16.5. The molecule has 0 amide bonds. The number of aliphatic hydroxyl groups is 5. The van der Waals surface area contributed by atoms with Crippen LogP contribution in [0.3, 0.4) is 0 Å². The normalized spacial score (nSPS) is 13.0. The molecule has 246 valence electrons. The van der Waals surface area contributed by atoms with Crippen LogP contribution in [-0.4, -0.2) is 84.4 Å². The van der Waals surface area contributed by atoms with Crippen LogP contribution in [0, 0.1) is 16.7 Å². The Morgan fingerprint density at radius 3 is 1.27 bits per heavy atom. The van der Waals surface area contributed by atoms with E-state index in [0.29, 0.717) is 0 Å². The number of esters is 1. The molecule has 0 aliphatic heterocycles. The highest BCUT2D eigenvalue weighted by Gasteiger charge is 2.35. The van der Waals surface area contributed by atoms with Gasteiger partial charge < -0.3 is 35.0 Å². The third-order valence-corrected chi connectivity index (χ3v) is 8.41. The number of aliphatic hydroxyl groups excluding tert-OH is 5. The van der Waals surface area contributed by atoms with Crippen LogP contribution >= 0.6 is 0 Å². The number of unbranched alkanes of at least 4 members (excludes halogenated alkanes) is 15. The van der Waals surface area contributed by atoms with Crippen LogP contribution in [-0.2, 0) is 14.3 Å². The van der Waals surface area contributed by atoms with Gasteiger partial charge in [0.15, 0.2) is 0 Å². The smallest absolute Gasteiger partial charge is 0.308 e. The van der Waals surface area contributed by atoms with Crippen molar-refractivity contribution in [1.82, 2.24) is 0 Å². The molecule has 0 aliphatic carbocycles. The number of hydrogen-bond donors (Lipinski definition) is 5. The molecule has 0 bridgehead atoms. The van der Waals surface area contributed by atoms with Gasteiger partial charge in [0.25, 0.3) is 0 Å². The maximum absolute atomic E-state index is 13.0. The minimum Gasteiger partial charge on any atom is -0.465 e. The molecule has 0 aromatic carbocycles. The number of carbonyl (C=O) groups excluding carboxylic acids is 1. The summed E-state index contributed by atoms with van der Waals surface area (Å²) in [5, 5.41) is 48.4. The molecule has 0 aromatic rings. The molecular weight excluding hydrogens is 524 g/mol. The first kappa shape index (κ1) is 40.2. The second kappa shape index (κ2) is 26.8. The molecule has 0 fully saturated rings. The van der Waals surface area contributed by atoms with Gasteiger partial charge in [0.05, 0.1) is 63.0 Å². The zero-order chi connectivity index (χ0) is 30.7. The van der Waals surface area contributed by atoms with Gasteiger partial charge in [0.1, 0.15) is 6.61 Å². The molecule has 8 nitrogen and oxygen atoms in total. The first-order chi connectivity index (χ1) is 19.9. The van der Waals surface area contributed by atoms with Gasteiger partial charge in [-0.25, -0.2) is 0 Å². The highest BCUT2D eigenvalue weighted by Crippen LogP contribution is 2.24. The van der Waals surface area contributed by atoms with Crippen molar-refractivity contribution in [1.29, 1.82) is 0 Å². The molecule has 1 atom stereocenters.